The topological polar surface area (TPSA) is 26.3 Å². The molecule has 0 fully saturated rings. The van der Waals surface area contributed by atoms with Crippen LogP contribution in [0.25, 0.3) is 0 Å². The van der Waals surface area contributed by atoms with E-state index in [9.17, 15) is 4.79 Å². The first kappa shape index (κ1) is 7.32. The highest BCUT2D eigenvalue weighted by atomic mass is 35.5. The summed E-state index contributed by atoms with van der Waals surface area (Å²) in [5.41, 5.74) is 0. The van der Waals surface area contributed by atoms with E-state index in [1.807, 2.05) is 0 Å². The van der Waals surface area contributed by atoms with Crippen LogP contribution in [-0.4, -0.2) is 11.8 Å². The van der Waals surface area contributed by atoms with Gasteiger partial charge in [0.15, 0.2) is 0 Å². The number of hydrogen-bond donors (Lipinski definition) is 0. The van der Waals surface area contributed by atoms with Gasteiger partial charge in [0.2, 0.25) is 0 Å². The Balaban J connectivity index is 3.35. The number of hydrogen-bond acceptors (Lipinski definition) is 2. The molecule has 8 heavy (non-hydrogen) atoms. The van der Waals surface area contributed by atoms with Crippen LogP contribution in [0.15, 0.2) is 0 Å². The van der Waals surface area contributed by atoms with Gasteiger partial charge in [0, 0.05) is 6.92 Å². The first-order chi connectivity index (χ1) is 3.81. The molecule has 0 bridgehead atoms. The van der Waals surface area contributed by atoms with Crippen molar-refractivity contribution in [3.8, 4) is 12.0 Å². The van der Waals surface area contributed by atoms with Gasteiger partial charge in [-0.3, -0.25) is 0 Å². The van der Waals surface area contributed by atoms with Gasteiger partial charge >= 0.3 is 5.97 Å². The molecule has 0 saturated carbocycles. The minimum absolute atomic E-state index is 0.144. The van der Waals surface area contributed by atoms with Crippen molar-refractivity contribution in [3.63, 3.8) is 0 Å². The molecule has 0 N–H and O–H groups in total. The van der Waals surface area contributed by atoms with E-state index in [0.717, 1.165) is 0 Å². The molecule has 0 heterocycles. The van der Waals surface area contributed by atoms with Crippen LogP contribution in [0.5, 0.6) is 0 Å². The summed E-state index contributed by atoms with van der Waals surface area (Å²) >= 11 is 5.05. The largest absolute Gasteiger partial charge is 0.371 e. The van der Waals surface area contributed by atoms with Crippen LogP contribution in [0.2, 0.25) is 0 Å². The number of ether oxygens (including phenoxy) is 1. The number of alkyl halides is 1. The second-order valence-corrected chi connectivity index (χ2v) is 1.23. The van der Waals surface area contributed by atoms with Gasteiger partial charge in [-0.05, 0) is 0 Å². The van der Waals surface area contributed by atoms with E-state index in [4.69, 9.17) is 11.6 Å². The standard InChI is InChI=1S/C5H5ClO2/c1-2-3-8-5(7)4-6/h4H2,1H3. The molecule has 0 aliphatic carbocycles. The quantitative estimate of drug-likeness (QED) is 0.299. The number of esters is 1. The summed E-state index contributed by atoms with van der Waals surface area (Å²) in [4.78, 5) is 10.1. The zero-order valence-electron chi connectivity index (χ0n) is 4.40. The Hall–Kier alpha value is -0.680. The lowest BCUT2D eigenvalue weighted by atomic mass is 10.8. The van der Waals surface area contributed by atoms with Crippen molar-refractivity contribution >= 4 is 17.6 Å². The summed E-state index contributed by atoms with van der Waals surface area (Å²) in [6.07, 6.45) is 2.11. The molecule has 2 nitrogen and oxygen atoms in total. The van der Waals surface area contributed by atoms with Gasteiger partial charge in [0.25, 0.3) is 0 Å². The SMILES string of the molecule is CC#COC(=O)CCl. The number of carbonyl (C=O) groups excluding carboxylic acids is 1. The Bertz CT molecular complexity index is 131. The molecule has 0 saturated heterocycles. The molecule has 44 valence electrons. The van der Waals surface area contributed by atoms with E-state index in [0.29, 0.717) is 0 Å². The molecular formula is C5H5ClO2. The van der Waals surface area contributed by atoms with E-state index >= 15 is 0 Å². The maximum Gasteiger partial charge on any atom is 0.334 e. The third kappa shape index (κ3) is 3.51. The van der Waals surface area contributed by atoms with Crippen molar-refractivity contribution in [3.05, 3.63) is 0 Å². The Morgan fingerprint density at radius 3 is 2.88 bits per heavy atom. The van der Waals surface area contributed by atoms with Crippen LogP contribution in [0.4, 0.5) is 0 Å². The zero-order valence-corrected chi connectivity index (χ0v) is 5.16. The Morgan fingerprint density at radius 1 is 1.88 bits per heavy atom. The van der Waals surface area contributed by atoms with Crippen molar-refractivity contribution in [2.75, 3.05) is 5.88 Å². The molecule has 0 aromatic rings. The molecule has 0 radical (unpaired) electrons. The summed E-state index contributed by atoms with van der Waals surface area (Å²) in [5, 5.41) is 0. The third-order valence-electron chi connectivity index (χ3n) is 0.376. The summed E-state index contributed by atoms with van der Waals surface area (Å²) in [6.45, 7) is 1.57. The zero-order chi connectivity index (χ0) is 6.41. The maximum atomic E-state index is 10.1. The van der Waals surface area contributed by atoms with Crippen LogP contribution >= 0.6 is 11.6 Å². The molecule has 0 atom stereocenters. The molecule has 3 heteroatoms. The van der Waals surface area contributed by atoms with Crippen LogP contribution in [-0.2, 0) is 9.53 Å². The molecule has 0 amide bonds. The maximum absolute atomic E-state index is 10.1. The normalized spacial score (nSPS) is 6.75. The minimum Gasteiger partial charge on any atom is -0.371 e. The second-order valence-electron chi connectivity index (χ2n) is 0.960. The lowest BCUT2D eigenvalue weighted by Gasteiger charge is -1.84. The molecule has 0 aliphatic heterocycles. The van der Waals surface area contributed by atoms with E-state index in [2.05, 4.69) is 16.8 Å². The van der Waals surface area contributed by atoms with Gasteiger partial charge in [0.1, 0.15) is 12.0 Å². The van der Waals surface area contributed by atoms with E-state index in [1.165, 1.54) is 0 Å². The third-order valence-corrected chi connectivity index (χ3v) is 0.594. The van der Waals surface area contributed by atoms with Gasteiger partial charge in [0.05, 0.1) is 0 Å². The Kier molecular flexibility index (Phi) is 4.10. The van der Waals surface area contributed by atoms with Gasteiger partial charge < -0.3 is 4.74 Å². The molecule has 0 aromatic carbocycles. The fourth-order valence-electron chi connectivity index (χ4n) is 0.135. The molecule has 0 aliphatic rings. The molecule has 0 rings (SSSR count). The molecule has 0 unspecified atom stereocenters. The fourth-order valence-corrected chi connectivity index (χ4v) is 0.190. The van der Waals surface area contributed by atoms with Crippen LogP contribution < -0.4 is 0 Å². The highest BCUT2D eigenvalue weighted by molar-refractivity contribution is 6.26. The van der Waals surface area contributed by atoms with Gasteiger partial charge in [-0.1, -0.05) is 5.92 Å². The fraction of sp³-hybridized carbons (Fsp3) is 0.400. The van der Waals surface area contributed by atoms with Gasteiger partial charge in [-0.2, -0.15) is 0 Å². The van der Waals surface area contributed by atoms with Crippen LogP contribution in [0, 0.1) is 12.0 Å². The monoisotopic (exact) mass is 132 g/mol. The average molecular weight is 133 g/mol. The highest BCUT2D eigenvalue weighted by Crippen LogP contribution is 1.78. The van der Waals surface area contributed by atoms with Crippen molar-refractivity contribution in [1.82, 2.24) is 0 Å². The summed E-state index contributed by atoms with van der Waals surface area (Å²) < 4.78 is 4.21. The van der Waals surface area contributed by atoms with Crippen molar-refractivity contribution in [2.24, 2.45) is 0 Å². The summed E-state index contributed by atoms with van der Waals surface area (Å²) in [7, 11) is 0. The summed E-state index contributed by atoms with van der Waals surface area (Å²) in [5.74, 6) is 1.72. The predicted molar refractivity (Wildman–Crippen MR) is 30.3 cm³/mol. The lowest BCUT2D eigenvalue weighted by Crippen LogP contribution is -1.99. The van der Waals surface area contributed by atoms with Gasteiger partial charge in [-0.25, -0.2) is 4.79 Å². The summed E-state index contributed by atoms with van der Waals surface area (Å²) in [6, 6.07) is 0. The molecular weight excluding hydrogens is 128 g/mol. The van der Waals surface area contributed by atoms with Crippen molar-refractivity contribution < 1.29 is 9.53 Å². The first-order valence-electron chi connectivity index (χ1n) is 1.98. The molecule has 0 spiro atoms. The van der Waals surface area contributed by atoms with Crippen molar-refractivity contribution in [2.45, 2.75) is 6.92 Å². The first-order valence-corrected chi connectivity index (χ1v) is 2.52. The lowest BCUT2D eigenvalue weighted by molar-refractivity contribution is -0.133. The average Bonchev–Trinajstić information content (AvgIpc) is 1.83. The Labute approximate surface area is 52.8 Å². The Morgan fingerprint density at radius 2 is 2.50 bits per heavy atom. The van der Waals surface area contributed by atoms with E-state index in [1.54, 1.807) is 6.92 Å². The smallest absolute Gasteiger partial charge is 0.334 e. The second kappa shape index (κ2) is 4.48. The van der Waals surface area contributed by atoms with Crippen LogP contribution in [0.1, 0.15) is 6.92 Å². The number of carbonyl (C=O) groups is 1. The minimum atomic E-state index is -0.513. The predicted octanol–water partition coefficient (Wildman–Crippen LogP) is 0.749. The van der Waals surface area contributed by atoms with E-state index < -0.39 is 5.97 Å². The number of rotatable bonds is 1. The highest BCUT2D eigenvalue weighted by Gasteiger charge is 1.93. The van der Waals surface area contributed by atoms with Crippen molar-refractivity contribution in [1.29, 1.82) is 0 Å². The molecule has 0 aromatic heterocycles. The van der Waals surface area contributed by atoms with Gasteiger partial charge in [-0.15, -0.1) is 11.6 Å². The number of halogens is 1. The van der Waals surface area contributed by atoms with Crippen LogP contribution in [0.3, 0.4) is 0 Å². The van der Waals surface area contributed by atoms with E-state index in [-0.39, 0.29) is 5.88 Å².